The molecule has 5 nitrogen and oxygen atoms in total. The molecule has 1 N–H and O–H groups in total. The molecule has 0 radical (unpaired) electrons. The molecule has 0 saturated carbocycles. The molecule has 1 aromatic heterocycles. The average Bonchev–Trinajstić information content (AvgIpc) is 2.85. The molecule has 0 aliphatic carbocycles. The summed E-state index contributed by atoms with van der Waals surface area (Å²) in [6.45, 7) is 0.644. The van der Waals surface area contributed by atoms with Gasteiger partial charge in [-0.15, -0.1) is 0 Å². The summed E-state index contributed by atoms with van der Waals surface area (Å²) >= 11 is 0. The summed E-state index contributed by atoms with van der Waals surface area (Å²) in [6, 6.07) is 9.68. The fourth-order valence-corrected chi connectivity index (χ4v) is 1.99. The number of nitrogens with one attached hydrogen (secondary N) is 1. The number of methoxy groups -OCH3 is 2. The van der Waals surface area contributed by atoms with E-state index in [1.165, 1.54) is 0 Å². The maximum Gasteiger partial charge on any atom is 0.162 e. The van der Waals surface area contributed by atoms with Crippen LogP contribution in [0.3, 0.4) is 0 Å². The minimum Gasteiger partial charge on any atom is -0.493 e. The van der Waals surface area contributed by atoms with Crippen molar-refractivity contribution in [3.8, 4) is 17.6 Å². The van der Waals surface area contributed by atoms with Gasteiger partial charge in [-0.25, -0.2) is 0 Å². The van der Waals surface area contributed by atoms with Crippen molar-refractivity contribution in [3.63, 3.8) is 0 Å². The molecule has 104 valence electrons. The Kier molecular flexibility index (Phi) is 4.16. The predicted molar refractivity (Wildman–Crippen MR) is 77.0 cm³/mol. The molecule has 2 aromatic rings. The van der Waals surface area contributed by atoms with Gasteiger partial charge >= 0.3 is 0 Å². The van der Waals surface area contributed by atoms with Crippen LogP contribution in [0.1, 0.15) is 11.3 Å². The highest BCUT2D eigenvalue weighted by molar-refractivity contribution is 5.55. The van der Waals surface area contributed by atoms with E-state index in [4.69, 9.17) is 14.7 Å². The van der Waals surface area contributed by atoms with Gasteiger partial charge in [0.15, 0.2) is 11.5 Å². The smallest absolute Gasteiger partial charge is 0.162 e. The normalized spacial score (nSPS) is 9.90. The van der Waals surface area contributed by atoms with Crippen LogP contribution in [0.4, 0.5) is 5.69 Å². The Labute approximate surface area is 118 Å². The molecule has 0 spiro atoms. The van der Waals surface area contributed by atoms with Crippen molar-refractivity contribution in [2.45, 2.75) is 6.54 Å². The molecule has 1 aromatic carbocycles. The van der Waals surface area contributed by atoms with E-state index in [1.54, 1.807) is 14.2 Å². The van der Waals surface area contributed by atoms with Crippen LogP contribution >= 0.6 is 0 Å². The van der Waals surface area contributed by atoms with Crippen molar-refractivity contribution < 1.29 is 9.47 Å². The van der Waals surface area contributed by atoms with Crippen LogP contribution in [0.25, 0.3) is 0 Å². The molecule has 0 aliphatic rings. The Morgan fingerprint density at radius 2 is 1.95 bits per heavy atom. The zero-order valence-corrected chi connectivity index (χ0v) is 11.8. The van der Waals surface area contributed by atoms with E-state index < -0.39 is 0 Å². The third kappa shape index (κ3) is 2.86. The van der Waals surface area contributed by atoms with Crippen LogP contribution in [-0.4, -0.2) is 18.8 Å². The lowest BCUT2D eigenvalue weighted by atomic mass is 10.2. The highest BCUT2D eigenvalue weighted by atomic mass is 16.5. The second-order valence-corrected chi connectivity index (χ2v) is 4.38. The van der Waals surface area contributed by atoms with Crippen LogP contribution in [0, 0.1) is 11.3 Å². The lowest BCUT2D eigenvalue weighted by Crippen LogP contribution is -1.99. The minimum absolute atomic E-state index is 0.644. The molecule has 0 atom stereocenters. The Balaban J connectivity index is 2.09. The topological polar surface area (TPSA) is 59.2 Å². The Morgan fingerprint density at radius 1 is 1.20 bits per heavy atom. The number of anilines is 1. The first kappa shape index (κ1) is 13.8. The van der Waals surface area contributed by atoms with Crippen molar-refractivity contribution in [2.75, 3.05) is 19.5 Å². The zero-order chi connectivity index (χ0) is 14.5. The van der Waals surface area contributed by atoms with Gasteiger partial charge in [-0.05, 0) is 23.8 Å². The number of aryl methyl sites for hydroxylation is 1. The first-order valence-corrected chi connectivity index (χ1v) is 6.19. The maximum absolute atomic E-state index is 8.92. The van der Waals surface area contributed by atoms with E-state index in [2.05, 4.69) is 11.4 Å². The third-order valence-electron chi connectivity index (χ3n) is 3.06. The second kappa shape index (κ2) is 6.02. The number of hydrogen-bond donors (Lipinski definition) is 1. The summed E-state index contributed by atoms with van der Waals surface area (Å²) in [5.41, 5.74) is 2.64. The van der Waals surface area contributed by atoms with Gasteiger partial charge in [0.2, 0.25) is 0 Å². The molecule has 0 saturated heterocycles. The number of nitriles is 1. The first-order chi connectivity index (χ1) is 9.67. The molecular weight excluding hydrogens is 254 g/mol. The largest absolute Gasteiger partial charge is 0.493 e. The summed E-state index contributed by atoms with van der Waals surface area (Å²) in [5, 5.41) is 12.2. The van der Waals surface area contributed by atoms with E-state index in [9.17, 15) is 0 Å². The van der Waals surface area contributed by atoms with Crippen LogP contribution < -0.4 is 14.8 Å². The maximum atomic E-state index is 8.92. The second-order valence-electron chi connectivity index (χ2n) is 4.38. The lowest BCUT2D eigenvalue weighted by Gasteiger charge is -2.10. The summed E-state index contributed by atoms with van der Waals surface area (Å²) in [6.07, 6.45) is 1.94. The fourth-order valence-electron chi connectivity index (χ4n) is 1.99. The molecule has 0 aliphatic heterocycles. The van der Waals surface area contributed by atoms with Gasteiger partial charge in [0.05, 0.1) is 14.2 Å². The fraction of sp³-hybridized carbons (Fsp3) is 0.267. The quantitative estimate of drug-likeness (QED) is 0.907. The van der Waals surface area contributed by atoms with Gasteiger partial charge in [-0.3, -0.25) is 0 Å². The van der Waals surface area contributed by atoms with Gasteiger partial charge < -0.3 is 19.4 Å². The molecular formula is C15H17N3O2. The highest BCUT2D eigenvalue weighted by Gasteiger charge is 2.05. The van der Waals surface area contributed by atoms with Crippen molar-refractivity contribution in [2.24, 2.45) is 7.05 Å². The number of hydrogen-bond acceptors (Lipinski definition) is 4. The van der Waals surface area contributed by atoms with Crippen LogP contribution in [0.15, 0.2) is 30.5 Å². The molecule has 0 fully saturated rings. The Bertz CT molecular complexity index is 641. The molecule has 5 heteroatoms. The van der Waals surface area contributed by atoms with Gasteiger partial charge in [0.25, 0.3) is 0 Å². The molecule has 0 amide bonds. The van der Waals surface area contributed by atoms with Crippen molar-refractivity contribution in [3.05, 3.63) is 41.7 Å². The van der Waals surface area contributed by atoms with Gasteiger partial charge in [0.1, 0.15) is 11.8 Å². The van der Waals surface area contributed by atoms with E-state index in [0.717, 1.165) is 11.3 Å². The first-order valence-electron chi connectivity index (χ1n) is 6.19. The van der Waals surface area contributed by atoms with Crippen molar-refractivity contribution in [1.82, 2.24) is 4.57 Å². The number of aromatic nitrogens is 1. The minimum atomic E-state index is 0.644. The van der Waals surface area contributed by atoms with Crippen LogP contribution in [0.2, 0.25) is 0 Å². The van der Waals surface area contributed by atoms with Gasteiger partial charge in [-0.2, -0.15) is 5.26 Å². The lowest BCUT2D eigenvalue weighted by molar-refractivity contribution is 0.355. The predicted octanol–water partition coefficient (Wildman–Crippen LogP) is 2.53. The summed E-state index contributed by atoms with van der Waals surface area (Å²) < 4.78 is 12.3. The van der Waals surface area contributed by atoms with Crippen LogP contribution in [-0.2, 0) is 13.6 Å². The number of benzene rings is 1. The van der Waals surface area contributed by atoms with Gasteiger partial charge in [-0.1, -0.05) is 0 Å². The Hall–Kier alpha value is -2.61. The van der Waals surface area contributed by atoms with E-state index >= 15 is 0 Å². The molecule has 0 bridgehead atoms. The van der Waals surface area contributed by atoms with Crippen molar-refractivity contribution >= 4 is 5.69 Å². The van der Waals surface area contributed by atoms with Crippen molar-refractivity contribution in [1.29, 1.82) is 5.26 Å². The van der Waals surface area contributed by atoms with Gasteiger partial charge in [0, 0.05) is 31.5 Å². The molecule has 1 heterocycles. The SMILES string of the molecule is COc1ccc(NCc2cc(C#N)n(C)c2)cc1OC. The summed E-state index contributed by atoms with van der Waals surface area (Å²) in [4.78, 5) is 0. The van der Waals surface area contributed by atoms with Crippen LogP contribution in [0.5, 0.6) is 11.5 Å². The molecule has 20 heavy (non-hydrogen) atoms. The Morgan fingerprint density at radius 3 is 2.55 bits per heavy atom. The summed E-state index contributed by atoms with van der Waals surface area (Å²) in [5.74, 6) is 1.38. The third-order valence-corrected chi connectivity index (χ3v) is 3.06. The number of ether oxygens (including phenoxy) is 2. The monoisotopic (exact) mass is 271 g/mol. The van der Waals surface area contributed by atoms with E-state index in [-0.39, 0.29) is 0 Å². The van der Waals surface area contributed by atoms with E-state index in [1.807, 2.05) is 42.1 Å². The molecule has 2 rings (SSSR count). The zero-order valence-electron chi connectivity index (χ0n) is 11.8. The number of nitrogens with zero attached hydrogens (tertiary/aromatic N) is 2. The molecule has 0 unspecified atom stereocenters. The highest BCUT2D eigenvalue weighted by Crippen LogP contribution is 2.29. The number of rotatable bonds is 5. The summed E-state index contributed by atoms with van der Waals surface area (Å²) in [7, 11) is 5.08. The van der Waals surface area contributed by atoms with E-state index in [0.29, 0.717) is 23.7 Å². The average molecular weight is 271 g/mol. The standard InChI is InChI=1S/C15H17N3O2/c1-18-10-11(6-13(18)8-16)9-17-12-4-5-14(19-2)15(7-12)20-3/h4-7,10,17H,9H2,1-3H3.